The van der Waals surface area contributed by atoms with Gasteiger partial charge in [0.25, 0.3) is 11.8 Å². The lowest BCUT2D eigenvalue weighted by Crippen LogP contribution is -2.23. The van der Waals surface area contributed by atoms with E-state index in [0.29, 0.717) is 23.6 Å². The molecule has 3 N–H and O–H groups in total. The average Bonchev–Trinajstić information content (AvgIpc) is 3.18. The molecule has 1 aromatic carbocycles. The van der Waals surface area contributed by atoms with Crippen LogP contribution in [0.3, 0.4) is 0 Å². The number of carbonyl (C=O) groups excluding carboxylic acids is 2. The smallest absolute Gasteiger partial charge is 0.274 e. The predicted molar refractivity (Wildman–Crippen MR) is 102 cm³/mol. The number of pyridine rings is 1. The zero-order valence-electron chi connectivity index (χ0n) is 15.2. The topological polar surface area (TPSA) is 99.8 Å². The van der Waals surface area contributed by atoms with Crippen molar-refractivity contribution in [1.82, 2.24) is 20.5 Å². The molecule has 0 bridgehead atoms. The Hall–Kier alpha value is -3.48. The molecule has 2 heterocycles. The van der Waals surface area contributed by atoms with Crippen LogP contribution in [0.25, 0.3) is 0 Å². The Bertz CT molecular complexity index is 934. The first-order chi connectivity index (χ1) is 13.0. The van der Waals surface area contributed by atoms with E-state index in [9.17, 15) is 9.59 Å². The second-order valence-corrected chi connectivity index (χ2v) is 6.42. The van der Waals surface area contributed by atoms with Crippen LogP contribution in [0.2, 0.25) is 0 Å². The molecule has 0 saturated carbocycles. The van der Waals surface area contributed by atoms with E-state index in [4.69, 9.17) is 0 Å². The van der Waals surface area contributed by atoms with Crippen LogP contribution in [0.15, 0.2) is 54.7 Å². The SMILES string of the molecule is CC(C)c1cc(C(=O)NCc2cccc(NC(=O)c3ccccn3)c2)n[nH]1. The number of nitrogens with zero attached hydrogens (tertiary/aromatic N) is 2. The monoisotopic (exact) mass is 363 g/mol. The summed E-state index contributed by atoms with van der Waals surface area (Å²) >= 11 is 0. The molecule has 0 spiro atoms. The average molecular weight is 363 g/mol. The van der Waals surface area contributed by atoms with Gasteiger partial charge in [-0.2, -0.15) is 5.10 Å². The third-order valence-corrected chi connectivity index (χ3v) is 3.99. The van der Waals surface area contributed by atoms with Crippen molar-refractivity contribution < 1.29 is 9.59 Å². The lowest BCUT2D eigenvalue weighted by molar-refractivity contribution is 0.0945. The van der Waals surface area contributed by atoms with Crippen molar-refractivity contribution in [2.24, 2.45) is 0 Å². The van der Waals surface area contributed by atoms with Gasteiger partial charge < -0.3 is 10.6 Å². The summed E-state index contributed by atoms with van der Waals surface area (Å²) in [4.78, 5) is 28.4. The lowest BCUT2D eigenvalue weighted by Gasteiger charge is -2.08. The molecule has 138 valence electrons. The first-order valence-electron chi connectivity index (χ1n) is 8.68. The van der Waals surface area contributed by atoms with Crippen molar-refractivity contribution in [2.75, 3.05) is 5.32 Å². The number of hydrogen-bond acceptors (Lipinski definition) is 4. The maximum absolute atomic E-state index is 12.2. The van der Waals surface area contributed by atoms with Gasteiger partial charge in [-0.05, 0) is 41.8 Å². The van der Waals surface area contributed by atoms with E-state index in [-0.39, 0.29) is 17.7 Å². The van der Waals surface area contributed by atoms with E-state index < -0.39 is 0 Å². The fourth-order valence-electron chi connectivity index (χ4n) is 2.47. The van der Waals surface area contributed by atoms with E-state index in [1.54, 1.807) is 36.5 Å². The molecule has 2 aromatic heterocycles. The van der Waals surface area contributed by atoms with Crippen molar-refractivity contribution >= 4 is 17.5 Å². The molecule has 0 fully saturated rings. The summed E-state index contributed by atoms with van der Waals surface area (Å²) in [6.45, 7) is 4.38. The zero-order valence-corrected chi connectivity index (χ0v) is 15.2. The number of carbonyl (C=O) groups is 2. The van der Waals surface area contributed by atoms with Gasteiger partial charge in [0, 0.05) is 24.1 Å². The van der Waals surface area contributed by atoms with Gasteiger partial charge in [0.15, 0.2) is 0 Å². The molecule has 3 rings (SSSR count). The maximum Gasteiger partial charge on any atom is 0.274 e. The van der Waals surface area contributed by atoms with E-state index in [1.807, 2.05) is 32.0 Å². The predicted octanol–water partition coefficient (Wildman–Crippen LogP) is 3.11. The van der Waals surface area contributed by atoms with Crippen molar-refractivity contribution in [2.45, 2.75) is 26.3 Å². The summed E-state index contributed by atoms with van der Waals surface area (Å²) in [7, 11) is 0. The number of nitrogens with one attached hydrogen (secondary N) is 3. The molecule has 0 saturated heterocycles. The fourth-order valence-corrected chi connectivity index (χ4v) is 2.47. The molecule has 2 amide bonds. The summed E-state index contributed by atoms with van der Waals surface area (Å²) in [5.41, 5.74) is 3.12. The number of hydrogen-bond donors (Lipinski definition) is 3. The van der Waals surface area contributed by atoms with E-state index in [2.05, 4.69) is 25.8 Å². The Kier molecular flexibility index (Phi) is 5.61. The maximum atomic E-state index is 12.2. The molecule has 3 aromatic rings. The molecule has 27 heavy (non-hydrogen) atoms. The van der Waals surface area contributed by atoms with Crippen LogP contribution in [0, 0.1) is 0 Å². The summed E-state index contributed by atoms with van der Waals surface area (Å²) in [5, 5.41) is 12.5. The van der Waals surface area contributed by atoms with Gasteiger partial charge in [-0.25, -0.2) is 0 Å². The quantitative estimate of drug-likeness (QED) is 0.626. The van der Waals surface area contributed by atoms with Crippen molar-refractivity contribution in [3.63, 3.8) is 0 Å². The Morgan fingerprint density at radius 2 is 1.89 bits per heavy atom. The minimum Gasteiger partial charge on any atom is -0.347 e. The molecular formula is C20H21N5O2. The number of rotatable bonds is 6. The van der Waals surface area contributed by atoms with Gasteiger partial charge in [0.2, 0.25) is 0 Å². The minimum absolute atomic E-state index is 0.249. The molecule has 0 aliphatic heterocycles. The van der Waals surface area contributed by atoms with E-state index >= 15 is 0 Å². The third kappa shape index (κ3) is 4.78. The molecule has 7 nitrogen and oxygen atoms in total. The van der Waals surface area contributed by atoms with Gasteiger partial charge in [-0.15, -0.1) is 0 Å². The highest BCUT2D eigenvalue weighted by atomic mass is 16.2. The Morgan fingerprint density at radius 3 is 2.59 bits per heavy atom. The largest absolute Gasteiger partial charge is 0.347 e. The number of aromatic nitrogens is 3. The van der Waals surface area contributed by atoms with Crippen molar-refractivity contribution in [3.05, 3.63) is 77.4 Å². The van der Waals surface area contributed by atoms with Crippen LogP contribution < -0.4 is 10.6 Å². The fraction of sp³-hybridized carbons (Fsp3) is 0.200. The third-order valence-electron chi connectivity index (χ3n) is 3.99. The lowest BCUT2D eigenvalue weighted by atomic mass is 10.1. The van der Waals surface area contributed by atoms with Crippen LogP contribution >= 0.6 is 0 Å². The van der Waals surface area contributed by atoms with Crippen LogP contribution in [0.1, 0.15) is 52.0 Å². The highest BCUT2D eigenvalue weighted by Gasteiger charge is 2.12. The second kappa shape index (κ2) is 8.27. The molecule has 0 unspecified atom stereocenters. The van der Waals surface area contributed by atoms with Gasteiger partial charge in [-0.1, -0.05) is 32.0 Å². The molecular weight excluding hydrogens is 342 g/mol. The standard InChI is InChI=1S/C20H21N5O2/c1-13(2)17-11-18(25-24-17)19(26)22-12-14-6-5-7-15(10-14)23-20(27)16-8-3-4-9-21-16/h3-11,13H,12H2,1-2H3,(H,22,26)(H,23,27)(H,24,25). The van der Waals surface area contributed by atoms with Crippen molar-refractivity contribution in [3.8, 4) is 0 Å². The summed E-state index contributed by atoms with van der Waals surface area (Å²) in [5.74, 6) is -0.256. The highest BCUT2D eigenvalue weighted by Crippen LogP contribution is 2.13. The normalized spacial score (nSPS) is 10.6. The number of benzene rings is 1. The van der Waals surface area contributed by atoms with Gasteiger partial charge in [-0.3, -0.25) is 19.7 Å². The van der Waals surface area contributed by atoms with E-state index in [0.717, 1.165) is 11.3 Å². The molecule has 7 heteroatoms. The summed E-state index contributed by atoms with van der Waals surface area (Å²) in [6, 6.07) is 14.2. The molecule has 0 aliphatic rings. The number of H-pyrrole nitrogens is 1. The summed E-state index contributed by atoms with van der Waals surface area (Å²) in [6.07, 6.45) is 1.57. The molecule has 0 aliphatic carbocycles. The van der Waals surface area contributed by atoms with Gasteiger partial charge in [0.1, 0.15) is 11.4 Å². The van der Waals surface area contributed by atoms with Gasteiger partial charge in [0.05, 0.1) is 0 Å². The van der Waals surface area contributed by atoms with Gasteiger partial charge >= 0.3 is 0 Å². The first kappa shape index (κ1) is 18.3. The van der Waals surface area contributed by atoms with Crippen LogP contribution in [-0.4, -0.2) is 27.0 Å². The Labute approximate surface area is 157 Å². The Morgan fingerprint density at radius 1 is 1.04 bits per heavy atom. The molecule has 0 atom stereocenters. The van der Waals surface area contributed by atoms with Crippen LogP contribution in [-0.2, 0) is 6.54 Å². The van der Waals surface area contributed by atoms with E-state index in [1.165, 1.54) is 0 Å². The summed E-state index contributed by atoms with van der Waals surface area (Å²) < 4.78 is 0. The second-order valence-electron chi connectivity index (χ2n) is 6.42. The van der Waals surface area contributed by atoms with Crippen molar-refractivity contribution in [1.29, 1.82) is 0 Å². The first-order valence-corrected chi connectivity index (χ1v) is 8.68. The Balaban J connectivity index is 1.60. The number of aromatic amines is 1. The van der Waals surface area contributed by atoms with Crippen LogP contribution in [0.4, 0.5) is 5.69 Å². The molecule has 0 radical (unpaired) electrons. The van der Waals surface area contributed by atoms with Crippen LogP contribution in [0.5, 0.6) is 0 Å². The highest BCUT2D eigenvalue weighted by molar-refractivity contribution is 6.02. The number of anilines is 1. The zero-order chi connectivity index (χ0) is 19.2. The number of amides is 2. The minimum atomic E-state index is -0.283.